The summed E-state index contributed by atoms with van der Waals surface area (Å²) < 4.78 is 26.2. The van der Waals surface area contributed by atoms with E-state index in [-0.39, 0.29) is 18.1 Å². The number of alkyl halides is 2. The Balaban J connectivity index is 2.11. The maximum atomic E-state index is 12.8. The van der Waals surface area contributed by atoms with Crippen LogP contribution in [0.3, 0.4) is 0 Å². The van der Waals surface area contributed by atoms with E-state index in [4.69, 9.17) is 0 Å². The molecule has 0 saturated carbocycles. The molecular formula is C23H24F2N4O2. The maximum Gasteiger partial charge on any atom is 0.333 e. The molecule has 0 aliphatic carbocycles. The molecular weight excluding hydrogens is 402 g/mol. The summed E-state index contributed by atoms with van der Waals surface area (Å²) >= 11 is 0. The van der Waals surface area contributed by atoms with Gasteiger partial charge in [-0.3, -0.25) is 9.78 Å². The summed E-state index contributed by atoms with van der Waals surface area (Å²) in [5.41, 5.74) is 2.18. The normalized spacial score (nSPS) is 12.1. The number of hydrogen-bond donors (Lipinski definition) is 1. The van der Waals surface area contributed by atoms with Gasteiger partial charge in [0.15, 0.2) is 0 Å². The van der Waals surface area contributed by atoms with Gasteiger partial charge in [-0.25, -0.2) is 4.68 Å². The van der Waals surface area contributed by atoms with Crippen LogP contribution >= 0.6 is 0 Å². The topological polar surface area (TPSA) is 71.2 Å². The highest BCUT2D eigenvalue weighted by Gasteiger charge is 2.17. The van der Waals surface area contributed by atoms with E-state index in [0.717, 1.165) is 5.57 Å². The lowest BCUT2D eigenvalue weighted by Gasteiger charge is -2.21. The van der Waals surface area contributed by atoms with Gasteiger partial charge in [0.2, 0.25) is 0 Å². The highest BCUT2D eigenvalue weighted by Crippen LogP contribution is 2.15. The van der Waals surface area contributed by atoms with Gasteiger partial charge in [0, 0.05) is 38.0 Å². The summed E-state index contributed by atoms with van der Waals surface area (Å²) in [5.74, 6) is 5.27. The van der Waals surface area contributed by atoms with Crippen LogP contribution in [0.1, 0.15) is 40.1 Å². The molecule has 0 spiro atoms. The van der Waals surface area contributed by atoms with Gasteiger partial charge in [0.1, 0.15) is 0 Å². The van der Waals surface area contributed by atoms with Crippen molar-refractivity contribution in [3.8, 4) is 11.8 Å². The average Bonchev–Trinajstić information content (AvgIpc) is 3.12. The Labute approximate surface area is 180 Å². The highest BCUT2D eigenvalue weighted by atomic mass is 19.3. The van der Waals surface area contributed by atoms with Crippen LogP contribution < -0.4 is 0 Å². The Morgan fingerprint density at radius 1 is 1.32 bits per heavy atom. The molecule has 162 valence electrons. The predicted octanol–water partition coefficient (Wildman–Crippen LogP) is 3.50. The monoisotopic (exact) mass is 426 g/mol. The van der Waals surface area contributed by atoms with Crippen LogP contribution in [0, 0.1) is 18.8 Å². The van der Waals surface area contributed by atoms with Gasteiger partial charge < -0.3 is 10.0 Å². The minimum Gasteiger partial charge on any atom is -0.391 e. The quantitative estimate of drug-likeness (QED) is 0.518. The molecule has 0 aliphatic heterocycles. The zero-order valence-corrected chi connectivity index (χ0v) is 17.4. The van der Waals surface area contributed by atoms with Crippen molar-refractivity contribution in [2.75, 3.05) is 13.6 Å². The Morgan fingerprint density at radius 2 is 2.06 bits per heavy atom. The smallest absolute Gasteiger partial charge is 0.333 e. The largest absolute Gasteiger partial charge is 0.391 e. The number of hydrogen-bond acceptors (Lipinski definition) is 4. The van der Waals surface area contributed by atoms with E-state index >= 15 is 0 Å². The fourth-order valence-corrected chi connectivity index (χ4v) is 2.83. The van der Waals surface area contributed by atoms with Gasteiger partial charge >= 0.3 is 6.55 Å². The van der Waals surface area contributed by atoms with Gasteiger partial charge in [-0.1, -0.05) is 43.2 Å². The molecule has 2 rings (SSSR count). The molecule has 8 heteroatoms. The van der Waals surface area contributed by atoms with E-state index in [2.05, 4.69) is 35.1 Å². The SMILES string of the molecule is C=C/C=C(\C=C)CC(O)CN(C)C(=O)c1cncc(C#Cc2cnn(C(F)F)c2C)c1. The lowest BCUT2D eigenvalue weighted by molar-refractivity contribution is 0.0544. The van der Waals surface area contributed by atoms with E-state index in [1.807, 2.05) is 0 Å². The second kappa shape index (κ2) is 11.0. The molecule has 2 aromatic rings. The van der Waals surface area contributed by atoms with Gasteiger partial charge in [-0.15, -0.1) is 0 Å². The average molecular weight is 426 g/mol. The number of likely N-dealkylation sites (N-methyl/N-ethyl adjacent to an activating group) is 1. The first kappa shape index (κ1) is 23.7. The number of aliphatic hydroxyl groups excluding tert-OH is 1. The summed E-state index contributed by atoms with van der Waals surface area (Å²) in [6, 6.07) is 1.56. The molecule has 6 nitrogen and oxygen atoms in total. The first-order chi connectivity index (χ1) is 14.8. The van der Waals surface area contributed by atoms with E-state index in [1.165, 1.54) is 30.4 Å². The lowest BCUT2D eigenvalue weighted by atomic mass is 10.1. The van der Waals surface area contributed by atoms with Crippen LogP contribution in [0.5, 0.6) is 0 Å². The lowest BCUT2D eigenvalue weighted by Crippen LogP contribution is -2.34. The third kappa shape index (κ3) is 6.46. The maximum absolute atomic E-state index is 12.8. The number of rotatable bonds is 8. The van der Waals surface area contributed by atoms with Crippen molar-refractivity contribution in [3.05, 3.63) is 84.0 Å². The predicted molar refractivity (Wildman–Crippen MR) is 114 cm³/mol. The van der Waals surface area contributed by atoms with E-state index in [0.29, 0.717) is 27.8 Å². The molecule has 0 saturated heterocycles. The van der Waals surface area contributed by atoms with Crippen LogP contribution in [0.4, 0.5) is 8.78 Å². The number of carbonyl (C=O) groups is 1. The zero-order valence-electron chi connectivity index (χ0n) is 17.4. The molecule has 1 atom stereocenters. The third-order valence-electron chi connectivity index (χ3n) is 4.45. The first-order valence-corrected chi connectivity index (χ1v) is 9.43. The van der Waals surface area contributed by atoms with Gasteiger partial charge in [0.25, 0.3) is 5.91 Å². The molecule has 2 aromatic heterocycles. The van der Waals surface area contributed by atoms with Gasteiger partial charge in [-0.2, -0.15) is 13.9 Å². The molecule has 0 fully saturated rings. The summed E-state index contributed by atoms with van der Waals surface area (Å²) in [6.07, 6.45) is 8.69. The molecule has 31 heavy (non-hydrogen) atoms. The number of carbonyl (C=O) groups excluding carboxylic acids is 1. The number of nitrogens with zero attached hydrogens (tertiary/aromatic N) is 4. The van der Waals surface area contributed by atoms with Crippen molar-refractivity contribution in [1.82, 2.24) is 19.7 Å². The van der Waals surface area contributed by atoms with Crippen LogP contribution in [-0.2, 0) is 0 Å². The fourth-order valence-electron chi connectivity index (χ4n) is 2.83. The number of pyridine rings is 1. The molecule has 1 N–H and O–H groups in total. The fraction of sp³-hybridized carbons (Fsp3) is 0.261. The van der Waals surface area contributed by atoms with Gasteiger partial charge in [-0.05, 0) is 18.6 Å². The third-order valence-corrected chi connectivity index (χ3v) is 4.45. The summed E-state index contributed by atoms with van der Waals surface area (Å²) in [5, 5.41) is 13.9. The molecule has 2 heterocycles. The number of halogens is 2. The number of aliphatic hydroxyl groups is 1. The van der Waals surface area contributed by atoms with Crippen molar-refractivity contribution in [2.24, 2.45) is 0 Å². The van der Waals surface area contributed by atoms with Crippen molar-refractivity contribution < 1.29 is 18.7 Å². The summed E-state index contributed by atoms with van der Waals surface area (Å²) in [4.78, 5) is 18.1. The van der Waals surface area contributed by atoms with Gasteiger partial charge in [0.05, 0.1) is 29.1 Å². The number of allylic oxidation sites excluding steroid dienone is 3. The Morgan fingerprint density at radius 3 is 2.68 bits per heavy atom. The minimum atomic E-state index is -2.74. The van der Waals surface area contributed by atoms with Crippen molar-refractivity contribution in [3.63, 3.8) is 0 Å². The summed E-state index contributed by atoms with van der Waals surface area (Å²) in [7, 11) is 1.58. The number of aromatic nitrogens is 3. The molecule has 1 amide bonds. The molecule has 1 unspecified atom stereocenters. The first-order valence-electron chi connectivity index (χ1n) is 9.43. The van der Waals surface area contributed by atoms with Crippen molar-refractivity contribution in [1.29, 1.82) is 0 Å². The van der Waals surface area contributed by atoms with Crippen LogP contribution in [0.15, 0.2) is 61.6 Å². The Hall–Kier alpha value is -3.57. The van der Waals surface area contributed by atoms with E-state index in [9.17, 15) is 18.7 Å². The van der Waals surface area contributed by atoms with E-state index in [1.54, 1.807) is 31.3 Å². The second-order valence-corrected chi connectivity index (χ2v) is 6.80. The minimum absolute atomic E-state index is 0.114. The second-order valence-electron chi connectivity index (χ2n) is 6.80. The molecule has 0 radical (unpaired) electrons. The molecule has 0 aliphatic rings. The summed E-state index contributed by atoms with van der Waals surface area (Å²) in [6.45, 7) is 6.18. The molecule has 0 bridgehead atoms. The Kier molecular flexibility index (Phi) is 8.41. The van der Waals surface area contributed by atoms with Crippen molar-refractivity contribution in [2.45, 2.75) is 26.0 Å². The highest BCUT2D eigenvalue weighted by molar-refractivity contribution is 5.94. The van der Waals surface area contributed by atoms with Crippen LogP contribution in [-0.4, -0.2) is 50.4 Å². The zero-order chi connectivity index (χ0) is 23.0. The van der Waals surface area contributed by atoms with Crippen molar-refractivity contribution >= 4 is 5.91 Å². The standard InChI is InChI=1S/C23H24F2N4O2/c1-5-7-17(6-2)11-21(30)15-28(4)22(31)20-10-18(12-26-13-20)8-9-19-14-27-29(16(19)3)23(24)25/h5-7,10,12-14,21,23,30H,1-2,11,15H2,3-4H3/b17-7+. The van der Waals surface area contributed by atoms with Crippen LogP contribution in [0.2, 0.25) is 0 Å². The molecule has 0 aromatic carbocycles. The van der Waals surface area contributed by atoms with E-state index < -0.39 is 12.7 Å². The number of amides is 1. The Bertz CT molecular complexity index is 1050. The van der Waals surface area contributed by atoms with Crippen LogP contribution in [0.25, 0.3) is 0 Å².